The van der Waals surface area contributed by atoms with Crippen LogP contribution in [-0.2, 0) is 6.54 Å². The zero-order chi connectivity index (χ0) is 14.1. The van der Waals surface area contributed by atoms with E-state index in [0.29, 0.717) is 5.92 Å². The maximum Gasteiger partial charge on any atom is 0.0961 e. The number of imidazole rings is 1. The van der Waals surface area contributed by atoms with Crippen molar-refractivity contribution in [3.8, 4) is 0 Å². The Morgan fingerprint density at radius 1 is 1.15 bits per heavy atom. The number of hydrogen-bond donors (Lipinski definition) is 1. The van der Waals surface area contributed by atoms with Crippen LogP contribution in [0.25, 0.3) is 11.0 Å². The lowest BCUT2D eigenvalue weighted by molar-refractivity contribution is 0.780. The molecular formula is C17H19N3. The quantitative estimate of drug-likeness (QED) is 0.732. The summed E-state index contributed by atoms with van der Waals surface area (Å²) in [4.78, 5) is 4.44. The molecule has 2 N–H and O–H groups in total. The van der Waals surface area contributed by atoms with Crippen molar-refractivity contribution in [1.29, 1.82) is 0 Å². The molecule has 0 amide bonds. The summed E-state index contributed by atoms with van der Waals surface area (Å²) in [7, 11) is 0. The van der Waals surface area contributed by atoms with Gasteiger partial charge >= 0.3 is 0 Å². The van der Waals surface area contributed by atoms with Crippen molar-refractivity contribution < 1.29 is 0 Å². The van der Waals surface area contributed by atoms with Crippen LogP contribution in [0.4, 0.5) is 5.69 Å². The van der Waals surface area contributed by atoms with Gasteiger partial charge in [0, 0.05) is 12.2 Å². The number of fused-ring (bicyclic) bond motifs is 1. The summed E-state index contributed by atoms with van der Waals surface area (Å²) in [6.07, 6.45) is 1.90. The van der Waals surface area contributed by atoms with E-state index >= 15 is 0 Å². The van der Waals surface area contributed by atoms with E-state index in [2.05, 4.69) is 41.6 Å². The summed E-state index contributed by atoms with van der Waals surface area (Å²) in [6.45, 7) is 5.22. The van der Waals surface area contributed by atoms with E-state index in [9.17, 15) is 0 Å². The molecule has 0 aliphatic carbocycles. The molecule has 0 fully saturated rings. The number of nitrogens with two attached hydrogens (primary N) is 1. The minimum absolute atomic E-state index is 0.486. The third kappa shape index (κ3) is 2.27. The van der Waals surface area contributed by atoms with Gasteiger partial charge in [-0.25, -0.2) is 4.98 Å². The van der Waals surface area contributed by atoms with Crippen molar-refractivity contribution in [3.05, 3.63) is 59.9 Å². The molecule has 0 aliphatic heterocycles. The van der Waals surface area contributed by atoms with E-state index in [1.165, 1.54) is 11.1 Å². The maximum absolute atomic E-state index is 5.94. The van der Waals surface area contributed by atoms with Gasteiger partial charge in [-0.05, 0) is 41.3 Å². The molecule has 3 aromatic rings. The van der Waals surface area contributed by atoms with Crippen molar-refractivity contribution in [1.82, 2.24) is 9.55 Å². The summed E-state index contributed by atoms with van der Waals surface area (Å²) in [5.41, 5.74) is 11.6. The van der Waals surface area contributed by atoms with Crippen molar-refractivity contribution in [3.63, 3.8) is 0 Å². The lowest BCUT2D eigenvalue weighted by Gasteiger charge is -2.14. The van der Waals surface area contributed by atoms with Gasteiger partial charge in [0.2, 0.25) is 0 Å². The molecule has 0 bridgehead atoms. The molecular weight excluding hydrogens is 246 g/mol. The normalized spacial score (nSPS) is 11.3. The Balaban J connectivity index is 2.04. The van der Waals surface area contributed by atoms with Gasteiger partial charge in [-0.2, -0.15) is 0 Å². The van der Waals surface area contributed by atoms with Crippen molar-refractivity contribution in [2.24, 2.45) is 0 Å². The second kappa shape index (κ2) is 5.00. The van der Waals surface area contributed by atoms with Gasteiger partial charge in [0.15, 0.2) is 0 Å². The average Bonchev–Trinajstić information content (AvgIpc) is 2.82. The van der Waals surface area contributed by atoms with Crippen LogP contribution in [0.15, 0.2) is 48.8 Å². The summed E-state index contributed by atoms with van der Waals surface area (Å²) < 4.78 is 2.18. The molecule has 0 radical (unpaired) electrons. The number of nitrogen functional groups attached to an aromatic ring is 1. The summed E-state index contributed by atoms with van der Waals surface area (Å²) in [5.74, 6) is 0.486. The number of hydrogen-bond acceptors (Lipinski definition) is 2. The molecule has 0 unspecified atom stereocenters. The minimum Gasteiger partial charge on any atom is -0.399 e. The van der Waals surface area contributed by atoms with E-state index in [-0.39, 0.29) is 0 Å². The number of nitrogens with zero attached hydrogens (tertiary/aromatic N) is 2. The number of anilines is 1. The highest BCUT2D eigenvalue weighted by Crippen LogP contribution is 2.24. The lowest BCUT2D eigenvalue weighted by atomic mass is 9.96. The predicted octanol–water partition coefficient (Wildman–Crippen LogP) is 3.79. The zero-order valence-corrected chi connectivity index (χ0v) is 11.9. The molecule has 3 heteroatoms. The molecule has 3 nitrogen and oxygen atoms in total. The Morgan fingerprint density at radius 3 is 2.75 bits per heavy atom. The summed E-state index contributed by atoms with van der Waals surface area (Å²) in [5, 5.41) is 0. The van der Waals surface area contributed by atoms with Gasteiger partial charge in [0.25, 0.3) is 0 Å². The molecule has 1 heterocycles. The number of aromatic nitrogens is 2. The Labute approximate surface area is 119 Å². The zero-order valence-electron chi connectivity index (χ0n) is 11.9. The van der Waals surface area contributed by atoms with Crippen molar-refractivity contribution >= 4 is 16.7 Å². The van der Waals surface area contributed by atoms with Crippen LogP contribution in [0.1, 0.15) is 30.9 Å². The second-order valence-corrected chi connectivity index (χ2v) is 5.47. The molecule has 0 saturated carbocycles. The fourth-order valence-corrected chi connectivity index (χ4v) is 2.65. The van der Waals surface area contributed by atoms with Gasteiger partial charge in [0.05, 0.1) is 17.4 Å². The maximum atomic E-state index is 5.94. The Hall–Kier alpha value is -2.29. The summed E-state index contributed by atoms with van der Waals surface area (Å²) >= 11 is 0. The summed E-state index contributed by atoms with van der Waals surface area (Å²) in [6, 6.07) is 14.4. The number of benzene rings is 2. The van der Waals surface area contributed by atoms with E-state index in [0.717, 1.165) is 23.3 Å². The minimum atomic E-state index is 0.486. The average molecular weight is 265 g/mol. The van der Waals surface area contributed by atoms with Crippen LogP contribution in [0.2, 0.25) is 0 Å². The first-order chi connectivity index (χ1) is 9.65. The fourth-order valence-electron chi connectivity index (χ4n) is 2.65. The molecule has 1 aromatic heterocycles. The molecule has 0 aliphatic rings. The largest absolute Gasteiger partial charge is 0.399 e. The van der Waals surface area contributed by atoms with E-state index in [4.69, 9.17) is 5.73 Å². The highest BCUT2D eigenvalue weighted by Gasteiger charge is 2.09. The topological polar surface area (TPSA) is 43.8 Å². The van der Waals surface area contributed by atoms with Crippen LogP contribution < -0.4 is 5.73 Å². The van der Waals surface area contributed by atoms with E-state index in [1.807, 2.05) is 30.6 Å². The Kier molecular flexibility index (Phi) is 3.18. The molecule has 20 heavy (non-hydrogen) atoms. The van der Waals surface area contributed by atoms with Crippen molar-refractivity contribution in [2.45, 2.75) is 26.3 Å². The van der Waals surface area contributed by atoms with Gasteiger partial charge in [-0.15, -0.1) is 0 Å². The standard InChI is InChI=1S/C17H19N3/c1-12(2)15-8-7-14(18)9-13(15)10-20-11-19-16-5-3-4-6-17(16)20/h3-9,11-12H,10,18H2,1-2H3. The Bertz CT molecular complexity index is 741. The SMILES string of the molecule is CC(C)c1ccc(N)cc1Cn1cnc2ccccc21. The number of rotatable bonds is 3. The number of para-hydroxylation sites is 2. The third-order valence-corrected chi connectivity index (χ3v) is 3.66. The first-order valence-corrected chi connectivity index (χ1v) is 6.93. The van der Waals surface area contributed by atoms with Crippen molar-refractivity contribution in [2.75, 3.05) is 5.73 Å². The molecule has 3 rings (SSSR count). The lowest BCUT2D eigenvalue weighted by Crippen LogP contribution is -2.04. The van der Waals surface area contributed by atoms with Gasteiger partial charge in [0.1, 0.15) is 0 Å². The smallest absolute Gasteiger partial charge is 0.0961 e. The third-order valence-electron chi connectivity index (χ3n) is 3.66. The molecule has 0 atom stereocenters. The highest BCUT2D eigenvalue weighted by atomic mass is 15.0. The van der Waals surface area contributed by atoms with Crippen LogP contribution in [0.3, 0.4) is 0 Å². The molecule has 0 spiro atoms. The van der Waals surface area contributed by atoms with Crippen LogP contribution in [-0.4, -0.2) is 9.55 Å². The first kappa shape index (κ1) is 12.7. The highest BCUT2D eigenvalue weighted by molar-refractivity contribution is 5.75. The first-order valence-electron chi connectivity index (χ1n) is 6.93. The fraction of sp³-hybridized carbons (Fsp3) is 0.235. The molecule has 0 saturated heterocycles. The van der Waals surface area contributed by atoms with Crippen LogP contribution in [0.5, 0.6) is 0 Å². The second-order valence-electron chi connectivity index (χ2n) is 5.47. The molecule has 2 aromatic carbocycles. The van der Waals surface area contributed by atoms with Gasteiger partial charge in [-0.3, -0.25) is 0 Å². The van der Waals surface area contributed by atoms with Gasteiger partial charge < -0.3 is 10.3 Å². The van der Waals surface area contributed by atoms with Crippen LogP contribution >= 0.6 is 0 Å². The van der Waals surface area contributed by atoms with Crippen LogP contribution in [0, 0.1) is 0 Å². The van der Waals surface area contributed by atoms with E-state index < -0.39 is 0 Å². The monoisotopic (exact) mass is 265 g/mol. The Morgan fingerprint density at radius 2 is 1.95 bits per heavy atom. The molecule has 102 valence electrons. The van der Waals surface area contributed by atoms with E-state index in [1.54, 1.807) is 0 Å². The van der Waals surface area contributed by atoms with Gasteiger partial charge in [-0.1, -0.05) is 32.0 Å². The predicted molar refractivity (Wildman–Crippen MR) is 83.8 cm³/mol.